The first-order chi connectivity index (χ1) is 6.22. The molecule has 1 aromatic rings. The molecule has 0 fully saturated rings. The number of hydrogen-bond donors (Lipinski definition) is 0. The monoisotopic (exact) mass is 194 g/mol. The quantitative estimate of drug-likeness (QED) is 0.663. The van der Waals surface area contributed by atoms with Crippen LogP contribution in [0.4, 0.5) is 0 Å². The van der Waals surface area contributed by atoms with Crippen LogP contribution in [0, 0.1) is 22.7 Å². The zero-order chi connectivity index (χ0) is 9.84. The Hall–Kier alpha value is -1.85. The van der Waals surface area contributed by atoms with Gasteiger partial charge in [0, 0.05) is 0 Å². The molecule has 6 heteroatoms. The molecule has 0 saturated heterocycles. The summed E-state index contributed by atoms with van der Waals surface area (Å²) in [5.41, 5.74) is -0.197. The second-order valence-electron chi connectivity index (χ2n) is 1.94. The van der Waals surface area contributed by atoms with E-state index in [4.69, 9.17) is 26.9 Å². The van der Waals surface area contributed by atoms with Gasteiger partial charge in [-0.3, -0.25) is 0 Å². The molecule has 0 aliphatic carbocycles. The first-order valence-corrected chi connectivity index (χ1v) is 3.52. The van der Waals surface area contributed by atoms with Gasteiger partial charge < -0.3 is 4.74 Å². The summed E-state index contributed by atoms with van der Waals surface area (Å²) >= 11 is 5.58. The molecule has 64 valence electrons. The van der Waals surface area contributed by atoms with Crippen molar-refractivity contribution in [3.8, 4) is 18.0 Å². The molecule has 0 aliphatic heterocycles. The first-order valence-electron chi connectivity index (χ1n) is 3.14. The molecular weight excluding hydrogens is 192 g/mol. The van der Waals surface area contributed by atoms with Crippen LogP contribution >= 0.6 is 11.6 Å². The molecule has 0 unspecified atom stereocenters. The summed E-state index contributed by atoms with van der Waals surface area (Å²) in [6.07, 6.45) is 0. The predicted molar refractivity (Wildman–Crippen MR) is 43.0 cm³/mol. The number of nitrogens with zero attached hydrogens (tertiary/aromatic N) is 4. The van der Waals surface area contributed by atoms with Gasteiger partial charge in [-0.25, -0.2) is 4.98 Å². The molecule has 5 nitrogen and oxygen atoms in total. The Morgan fingerprint density at radius 3 is 2.23 bits per heavy atom. The van der Waals surface area contributed by atoms with E-state index >= 15 is 0 Å². The Labute approximate surface area is 79.2 Å². The fourth-order valence-corrected chi connectivity index (χ4v) is 0.889. The molecule has 0 aromatic carbocycles. The molecule has 1 heterocycles. The van der Waals surface area contributed by atoms with Crippen LogP contribution < -0.4 is 4.74 Å². The minimum atomic E-state index is -0.103. The maximum absolute atomic E-state index is 8.56. The van der Waals surface area contributed by atoms with Gasteiger partial charge >= 0.3 is 0 Å². The van der Waals surface area contributed by atoms with Crippen LogP contribution in [0.15, 0.2) is 0 Å². The molecule has 0 aliphatic rings. The Morgan fingerprint density at radius 1 is 1.23 bits per heavy atom. The zero-order valence-corrected chi connectivity index (χ0v) is 7.33. The first kappa shape index (κ1) is 9.24. The Kier molecular flexibility index (Phi) is 2.63. The Balaban J connectivity index is 3.39. The maximum Gasteiger partial charge on any atom is 0.253 e. The largest absolute Gasteiger partial charge is 0.479 e. The van der Waals surface area contributed by atoms with Gasteiger partial charge in [0.25, 0.3) is 5.88 Å². The van der Waals surface area contributed by atoms with Gasteiger partial charge in [0.1, 0.15) is 12.1 Å². The van der Waals surface area contributed by atoms with E-state index in [1.165, 1.54) is 7.11 Å². The second-order valence-corrected chi connectivity index (χ2v) is 2.30. The molecule has 0 saturated carbocycles. The van der Waals surface area contributed by atoms with E-state index in [9.17, 15) is 0 Å². The summed E-state index contributed by atoms with van der Waals surface area (Å²) in [5.74, 6) is 0.0391. The summed E-state index contributed by atoms with van der Waals surface area (Å²) < 4.78 is 4.72. The van der Waals surface area contributed by atoms with E-state index in [0.717, 1.165) is 0 Å². The molecule has 0 atom stereocenters. The highest BCUT2D eigenvalue weighted by molar-refractivity contribution is 6.30. The molecule has 0 radical (unpaired) electrons. The number of hydrogen-bond acceptors (Lipinski definition) is 5. The van der Waals surface area contributed by atoms with Crippen molar-refractivity contribution >= 4 is 11.6 Å². The molecule has 0 N–H and O–H groups in total. The minimum Gasteiger partial charge on any atom is -0.479 e. The number of aromatic nitrogens is 2. The summed E-state index contributed by atoms with van der Waals surface area (Å²) in [6.45, 7) is 0. The van der Waals surface area contributed by atoms with Crippen LogP contribution in [-0.2, 0) is 0 Å². The SMILES string of the molecule is COc1nc(C#N)c(C#N)nc1Cl. The van der Waals surface area contributed by atoms with E-state index in [-0.39, 0.29) is 22.4 Å². The summed E-state index contributed by atoms with van der Waals surface area (Å²) in [7, 11) is 1.35. The zero-order valence-electron chi connectivity index (χ0n) is 6.58. The highest BCUT2D eigenvalue weighted by Crippen LogP contribution is 2.19. The van der Waals surface area contributed by atoms with E-state index in [2.05, 4.69) is 9.97 Å². The lowest BCUT2D eigenvalue weighted by Gasteiger charge is -2.00. The van der Waals surface area contributed by atoms with Gasteiger partial charge in [-0.05, 0) is 0 Å². The number of rotatable bonds is 1. The van der Waals surface area contributed by atoms with Gasteiger partial charge in [-0.15, -0.1) is 0 Å². The van der Waals surface area contributed by atoms with Gasteiger partial charge in [-0.1, -0.05) is 11.6 Å². The van der Waals surface area contributed by atoms with Crippen molar-refractivity contribution in [2.24, 2.45) is 0 Å². The van der Waals surface area contributed by atoms with Crippen molar-refractivity contribution in [2.45, 2.75) is 0 Å². The van der Waals surface area contributed by atoms with Crippen LogP contribution in [-0.4, -0.2) is 17.1 Å². The van der Waals surface area contributed by atoms with Crippen molar-refractivity contribution in [1.82, 2.24) is 9.97 Å². The standard InChI is InChI=1S/C7H3ClN4O/c1-13-7-6(8)11-4(2-9)5(3-10)12-7/h1H3. The molecular formula is C7H3ClN4O. The van der Waals surface area contributed by atoms with E-state index in [1.807, 2.05) is 0 Å². The van der Waals surface area contributed by atoms with Crippen LogP contribution in [0.1, 0.15) is 11.4 Å². The van der Waals surface area contributed by atoms with Crippen LogP contribution in [0.3, 0.4) is 0 Å². The average molecular weight is 195 g/mol. The van der Waals surface area contributed by atoms with Crippen LogP contribution in [0.25, 0.3) is 0 Å². The van der Waals surface area contributed by atoms with Crippen LogP contribution in [0.5, 0.6) is 5.88 Å². The third kappa shape index (κ3) is 1.66. The molecule has 1 aromatic heterocycles. The highest BCUT2D eigenvalue weighted by atomic mass is 35.5. The van der Waals surface area contributed by atoms with Crippen molar-refractivity contribution in [3.63, 3.8) is 0 Å². The van der Waals surface area contributed by atoms with Gasteiger partial charge in [0.15, 0.2) is 16.5 Å². The maximum atomic E-state index is 8.56. The predicted octanol–water partition coefficient (Wildman–Crippen LogP) is 0.882. The number of ether oxygens (including phenoxy) is 1. The second kappa shape index (κ2) is 3.70. The molecule has 0 spiro atoms. The normalized spacial score (nSPS) is 8.62. The lowest BCUT2D eigenvalue weighted by Crippen LogP contribution is -1.98. The fourth-order valence-electron chi connectivity index (χ4n) is 0.685. The number of nitriles is 2. The molecule has 13 heavy (non-hydrogen) atoms. The third-order valence-corrected chi connectivity index (χ3v) is 1.48. The Morgan fingerprint density at radius 2 is 1.77 bits per heavy atom. The van der Waals surface area contributed by atoms with E-state index in [0.29, 0.717) is 0 Å². The average Bonchev–Trinajstić information content (AvgIpc) is 2.17. The lowest BCUT2D eigenvalue weighted by molar-refractivity contribution is 0.395. The Bertz CT molecular complexity index is 418. The van der Waals surface area contributed by atoms with E-state index in [1.54, 1.807) is 12.1 Å². The van der Waals surface area contributed by atoms with Crippen LogP contribution in [0.2, 0.25) is 5.15 Å². The van der Waals surface area contributed by atoms with Crippen molar-refractivity contribution in [1.29, 1.82) is 10.5 Å². The minimum absolute atomic E-state index is 0.0296. The van der Waals surface area contributed by atoms with Crippen molar-refractivity contribution < 1.29 is 4.74 Å². The number of methoxy groups -OCH3 is 1. The third-order valence-electron chi connectivity index (χ3n) is 1.23. The highest BCUT2D eigenvalue weighted by Gasteiger charge is 2.11. The van der Waals surface area contributed by atoms with Gasteiger partial charge in [-0.2, -0.15) is 15.5 Å². The van der Waals surface area contributed by atoms with Crippen molar-refractivity contribution in [2.75, 3.05) is 7.11 Å². The topological polar surface area (TPSA) is 82.6 Å². The van der Waals surface area contributed by atoms with Gasteiger partial charge in [0.05, 0.1) is 7.11 Å². The summed E-state index contributed by atoms with van der Waals surface area (Å²) in [6, 6.07) is 3.42. The lowest BCUT2D eigenvalue weighted by atomic mass is 10.3. The summed E-state index contributed by atoms with van der Waals surface area (Å²) in [5, 5.41) is 17.1. The molecule has 0 bridgehead atoms. The van der Waals surface area contributed by atoms with E-state index < -0.39 is 0 Å². The molecule has 1 rings (SSSR count). The smallest absolute Gasteiger partial charge is 0.253 e. The van der Waals surface area contributed by atoms with Gasteiger partial charge in [0.2, 0.25) is 0 Å². The fraction of sp³-hybridized carbons (Fsp3) is 0.143. The molecule has 0 amide bonds. The number of halogens is 1. The van der Waals surface area contributed by atoms with Crippen molar-refractivity contribution in [3.05, 3.63) is 16.5 Å². The summed E-state index contributed by atoms with van der Waals surface area (Å²) in [4.78, 5) is 7.31.